The summed E-state index contributed by atoms with van der Waals surface area (Å²) in [4.78, 5) is 16.4. The number of benzene rings is 2. The lowest BCUT2D eigenvalue weighted by Crippen LogP contribution is -2.24. The highest BCUT2D eigenvalue weighted by molar-refractivity contribution is 5.92. The number of hydrogen-bond acceptors (Lipinski definition) is 4. The lowest BCUT2D eigenvalue weighted by atomic mass is 10.1. The van der Waals surface area contributed by atoms with Crippen LogP contribution in [0.1, 0.15) is 25.3 Å². The standard InChI is InChI=1S/C24H27N3O2/c1-18(8-6-14-25-23(28)13-12-19-9-4-3-5-10-19)27-22-17-21(29-2)16-20-11-7-15-26-24(20)22/h3-5,7,9-13,15-18,27H,6,8,14H2,1-2H3,(H,25,28)/b13-12+. The first-order valence-electron chi connectivity index (χ1n) is 9.86. The Morgan fingerprint density at radius 2 is 2.00 bits per heavy atom. The van der Waals surface area contributed by atoms with E-state index < -0.39 is 0 Å². The van der Waals surface area contributed by atoms with Crippen LogP contribution in [-0.4, -0.2) is 30.6 Å². The lowest BCUT2D eigenvalue weighted by Gasteiger charge is -2.17. The number of fused-ring (bicyclic) bond motifs is 1. The van der Waals surface area contributed by atoms with Crippen molar-refractivity contribution >= 4 is 28.6 Å². The molecule has 5 heteroatoms. The first-order valence-corrected chi connectivity index (χ1v) is 9.86. The fourth-order valence-electron chi connectivity index (χ4n) is 3.15. The lowest BCUT2D eigenvalue weighted by molar-refractivity contribution is -0.116. The van der Waals surface area contributed by atoms with Crippen LogP contribution in [0.5, 0.6) is 5.75 Å². The second kappa shape index (κ2) is 10.3. The molecule has 3 aromatic rings. The molecule has 5 nitrogen and oxygen atoms in total. The molecule has 150 valence electrons. The molecule has 0 aliphatic rings. The Kier molecular flexibility index (Phi) is 7.22. The third kappa shape index (κ3) is 6.07. The summed E-state index contributed by atoms with van der Waals surface area (Å²) in [7, 11) is 1.67. The molecule has 1 amide bonds. The molecule has 0 aliphatic heterocycles. The van der Waals surface area contributed by atoms with Crippen molar-refractivity contribution in [3.63, 3.8) is 0 Å². The minimum absolute atomic E-state index is 0.0718. The normalized spacial score (nSPS) is 12.1. The molecule has 1 unspecified atom stereocenters. The predicted octanol–water partition coefficient (Wildman–Crippen LogP) is 4.65. The number of methoxy groups -OCH3 is 1. The number of aromatic nitrogens is 1. The molecular formula is C24H27N3O2. The maximum atomic E-state index is 11.9. The third-order valence-corrected chi connectivity index (χ3v) is 4.66. The molecule has 0 saturated heterocycles. The molecule has 0 fully saturated rings. The van der Waals surface area contributed by atoms with E-state index in [1.54, 1.807) is 19.4 Å². The molecule has 0 bridgehead atoms. The number of carbonyl (C=O) groups is 1. The molecule has 3 rings (SSSR count). The van der Waals surface area contributed by atoms with Crippen molar-refractivity contribution < 1.29 is 9.53 Å². The summed E-state index contributed by atoms with van der Waals surface area (Å²) in [6, 6.07) is 17.9. The van der Waals surface area contributed by atoms with Gasteiger partial charge in [-0.2, -0.15) is 0 Å². The molecule has 0 aliphatic carbocycles. The number of ether oxygens (including phenoxy) is 1. The number of hydrogen-bond donors (Lipinski definition) is 2. The van der Waals surface area contributed by atoms with Gasteiger partial charge >= 0.3 is 0 Å². The number of anilines is 1. The van der Waals surface area contributed by atoms with Gasteiger partial charge in [0.1, 0.15) is 5.75 Å². The second-order valence-electron chi connectivity index (χ2n) is 6.97. The van der Waals surface area contributed by atoms with Crippen LogP contribution in [0.3, 0.4) is 0 Å². The van der Waals surface area contributed by atoms with E-state index in [1.807, 2.05) is 60.7 Å². The minimum atomic E-state index is -0.0718. The SMILES string of the molecule is COc1cc(NC(C)CCCNC(=O)/C=C/c2ccccc2)c2ncccc2c1. The Balaban J connectivity index is 1.47. The van der Waals surface area contributed by atoms with E-state index in [9.17, 15) is 4.79 Å². The van der Waals surface area contributed by atoms with Gasteiger partial charge in [0.25, 0.3) is 0 Å². The van der Waals surface area contributed by atoms with E-state index in [1.165, 1.54) is 0 Å². The third-order valence-electron chi connectivity index (χ3n) is 4.66. The maximum Gasteiger partial charge on any atom is 0.243 e. The molecule has 1 atom stereocenters. The Labute approximate surface area is 171 Å². The van der Waals surface area contributed by atoms with Crippen molar-refractivity contribution in [2.75, 3.05) is 19.0 Å². The average Bonchev–Trinajstić information content (AvgIpc) is 2.76. The van der Waals surface area contributed by atoms with E-state index in [0.717, 1.165) is 40.7 Å². The predicted molar refractivity (Wildman–Crippen MR) is 119 cm³/mol. The molecule has 0 spiro atoms. The van der Waals surface area contributed by atoms with Crippen molar-refractivity contribution in [2.45, 2.75) is 25.8 Å². The molecule has 29 heavy (non-hydrogen) atoms. The van der Waals surface area contributed by atoms with Crippen molar-refractivity contribution in [2.24, 2.45) is 0 Å². The molecule has 2 aromatic carbocycles. The monoisotopic (exact) mass is 389 g/mol. The van der Waals surface area contributed by atoms with E-state index in [2.05, 4.69) is 22.5 Å². The highest BCUT2D eigenvalue weighted by Crippen LogP contribution is 2.28. The summed E-state index contributed by atoms with van der Waals surface area (Å²) in [6.45, 7) is 2.77. The molecule has 2 N–H and O–H groups in total. The van der Waals surface area contributed by atoms with Crippen LogP contribution < -0.4 is 15.4 Å². The van der Waals surface area contributed by atoms with Crippen LogP contribution in [0.25, 0.3) is 17.0 Å². The Hall–Kier alpha value is -3.34. The number of nitrogens with zero attached hydrogens (tertiary/aromatic N) is 1. The average molecular weight is 389 g/mol. The van der Waals surface area contributed by atoms with Crippen LogP contribution in [0.4, 0.5) is 5.69 Å². The Bertz CT molecular complexity index is 970. The maximum absolute atomic E-state index is 11.9. The van der Waals surface area contributed by atoms with Gasteiger partial charge in [-0.25, -0.2) is 0 Å². The first-order chi connectivity index (χ1) is 14.2. The van der Waals surface area contributed by atoms with Gasteiger partial charge in [0.05, 0.1) is 18.3 Å². The fraction of sp³-hybridized carbons (Fsp3) is 0.250. The fourth-order valence-corrected chi connectivity index (χ4v) is 3.15. The topological polar surface area (TPSA) is 63.2 Å². The van der Waals surface area contributed by atoms with E-state index in [0.29, 0.717) is 6.54 Å². The van der Waals surface area contributed by atoms with Crippen molar-refractivity contribution in [3.05, 3.63) is 72.4 Å². The van der Waals surface area contributed by atoms with Crippen LogP contribution >= 0.6 is 0 Å². The van der Waals surface area contributed by atoms with Crippen LogP contribution in [0.15, 0.2) is 66.9 Å². The van der Waals surface area contributed by atoms with Crippen molar-refractivity contribution in [1.29, 1.82) is 0 Å². The molecule has 1 aromatic heterocycles. The van der Waals surface area contributed by atoms with E-state index in [-0.39, 0.29) is 11.9 Å². The zero-order valence-electron chi connectivity index (χ0n) is 16.9. The van der Waals surface area contributed by atoms with Gasteiger partial charge in [0, 0.05) is 36.3 Å². The summed E-state index contributed by atoms with van der Waals surface area (Å²) in [5.41, 5.74) is 2.90. The van der Waals surface area contributed by atoms with E-state index in [4.69, 9.17) is 4.74 Å². The molecule has 1 heterocycles. The van der Waals surface area contributed by atoms with Crippen molar-refractivity contribution in [3.8, 4) is 5.75 Å². The largest absolute Gasteiger partial charge is 0.497 e. The summed E-state index contributed by atoms with van der Waals surface area (Å²) < 4.78 is 5.40. The second-order valence-corrected chi connectivity index (χ2v) is 6.97. The van der Waals surface area contributed by atoms with Gasteiger partial charge in [0.2, 0.25) is 5.91 Å². The van der Waals surface area contributed by atoms with Gasteiger partial charge < -0.3 is 15.4 Å². The van der Waals surface area contributed by atoms with Crippen LogP contribution in [0.2, 0.25) is 0 Å². The summed E-state index contributed by atoms with van der Waals surface area (Å²) in [6.07, 6.45) is 7.00. The minimum Gasteiger partial charge on any atom is -0.497 e. The highest BCUT2D eigenvalue weighted by atomic mass is 16.5. The summed E-state index contributed by atoms with van der Waals surface area (Å²) >= 11 is 0. The van der Waals surface area contributed by atoms with Crippen LogP contribution in [0, 0.1) is 0 Å². The summed E-state index contributed by atoms with van der Waals surface area (Å²) in [5.74, 6) is 0.732. The Morgan fingerprint density at radius 3 is 2.79 bits per heavy atom. The highest BCUT2D eigenvalue weighted by Gasteiger charge is 2.09. The summed E-state index contributed by atoms with van der Waals surface area (Å²) in [5, 5.41) is 7.50. The van der Waals surface area contributed by atoms with Crippen LogP contribution in [-0.2, 0) is 4.79 Å². The van der Waals surface area contributed by atoms with Gasteiger partial charge in [-0.1, -0.05) is 36.4 Å². The number of rotatable bonds is 9. The zero-order chi connectivity index (χ0) is 20.5. The van der Waals surface area contributed by atoms with Gasteiger partial charge in [0.15, 0.2) is 0 Å². The number of amides is 1. The molecule has 0 saturated carbocycles. The first kappa shape index (κ1) is 20.4. The van der Waals surface area contributed by atoms with Gasteiger partial charge in [-0.3, -0.25) is 9.78 Å². The quantitative estimate of drug-likeness (QED) is 0.413. The number of nitrogens with one attached hydrogen (secondary N) is 2. The van der Waals surface area contributed by atoms with Crippen molar-refractivity contribution in [1.82, 2.24) is 10.3 Å². The Morgan fingerprint density at radius 1 is 1.17 bits per heavy atom. The van der Waals surface area contributed by atoms with Gasteiger partial charge in [-0.05, 0) is 43.5 Å². The molecular weight excluding hydrogens is 362 g/mol. The van der Waals surface area contributed by atoms with E-state index >= 15 is 0 Å². The number of carbonyl (C=O) groups excluding carboxylic acids is 1. The number of pyridine rings is 1. The van der Waals surface area contributed by atoms with Gasteiger partial charge in [-0.15, -0.1) is 0 Å². The zero-order valence-corrected chi connectivity index (χ0v) is 16.9. The molecule has 0 radical (unpaired) electrons. The smallest absolute Gasteiger partial charge is 0.243 e.